The maximum atomic E-state index is 12.9. The van der Waals surface area contributed by atoms with Crippen LogP contribution in [0, 0.1) is 34.5 Å². The van der Waals surface area contributed by atoms with E-state index in [-0.39, 0.29) is 17.1 Å². The quantitative estimate of drug-likeness (QED) is 0.838. The van der Waals surface area contributed by atoms with Crippen LogP contribution in [0.1, 0.15) is 43.7 Å². The minimum Gasteiger partial charge on any atom is -0.369 e. The van der Waals surface area contributed by atoms with E-state index < -0.39 is 0 Å². The third-order valence-electron chi connectivity index (χ3n) is 7.28. The lowest BCUT2D eigenvalue weighted by Gasteiger charge is -2.57. The first-order valence-corrected chi connectivity index (χ1v) is 9.45. The number of anilines is 1. The van der Waals surface area contributed by atoms with Crippen molar-refractivity contribution < 1.29 is 0 Å². The van der Waals surface area contributed by atoms with Crippen LogP contribution in [0.3, 0.4) is 0 Å². The molecule has 7 rings (SSSR count). The van der Waals surface area contributed by atoms with E-state index in [1.54, 1.807) is 6.20 Å². The van der Waals surface area contributed by atoms with Gasteiger partial charge in [-0.2, -0.15) is 5.26 Å². The first-order valence-electron chi connectivity index (χ1n) is 9.45. The molecule has 25 heavy (non-hydrogen) atoms. The van der Waals surface area contributed by atoms with Gasteiger partial charge in [-0.1, -0.05) is 0 Å². The molecule has 4 aliphatic carbocycles. The van der Waals surface area contributed by atoms with Crippen LogP contribution in [0.25, 0.3) is 11.0 Å². The lowest BCUT2D eigenvalue weighted by atomic mass is 9.48. The smallest absolute Gasteiger partial charge is 0.326 e. The number of H-pyrrole nitrogens is 1. The van der Waals surface area contributed by atoms with Crippen molar-refractivity contribution in [1.82, 2.24) is 14.5 Å². The van der Waals surface area contributed by atoms with Gasteiger partial charge in [-0.15, -0.1) is 0 Å². The standard InChI is InChI=1S/C19H21N5O/c20-9-19-5-10-3-11(6-19)15(12(4-10)7-19)24-16-13-1-2-21-17(13)22-8-14(16)23-18(24)25/h8,10-12,15H,1-7H2,(H,21,22)(H,23,25). The van der Waals surface area contributed by atoms with Crippen LogP contribution in [-0.4, -0.2) is 21.1 Å². The molecule has 5 aliphatic rings. The summed E-state index contributed by atoms with van der Waals surface area (Å²) in [5.41, 5.74) is 2.98. The van der Waals surface area contributed by atoms with Gasteiger partial charge in [0.1, 0.15) is 5.82 Å². The Morgan fingerprint density at radius 1 is 1.28 bits per heavy atom. The van der Waals surface area contributed by atoms with E-state index in [0.717, 1.165) is 49.1 Å². The van der Waals surface area contributed by atoms with Crippen molar-refractivity contribution in [3.63, 3.8) is 0 Å². The molecule has 2 atom stereocenters. The zero-order valence-corrected chi connectivity index (χ0v) is 14.1. The second-order valence-electron chi connectivity index (χ2n) is 8.68. The van der Waals surface area contributed by atoms with Crippen molar-refractivity contribution in [3.8, 4) is 6.07 Å². The van der Waals surface area contributed by atoms with Crippen LogP contribution in [0.2, 0.25) is 0 Å². The predicted molar refractivity (Wildman–Crippen MR) is 93.2 cm³/mol. The number of pyridine rings is 1. The van der Waals surface area contributed by atoms with Crippen LogP contribution in [0.15, 0.2) is 11.0 Å². The normalized spacial score (nSPS) is 37.9. The molecule has 0 spiro atoms. The number of nitriles is 1. The van der Waals surface area contributed by atoms with E-state index in [0.29, 0.717) is 17.8 Å². The maximum Gasteiger partial charge on any atom is 0.326 e. The molecule has 2 N–H and O–H groups in total. The zero-order chi connectivity index (χ0) is 16.8. The predicted octanol–water partition coefficient (Wildman–Crippen LogP) is 2.58. The second kappa shape index (κ2) is 4.46. The number of hydrogen-bond acceptors (Lipinski definition) is 4. The lowest BCUT2D eigenvalue weighted by Crippen LogP contribution is -2.52. The Morgan fingerprint density at radius 3 is 2.84 bits per heavy atom. The summed E-state index contributed by atoms with van der Waals surface area (Å²) in [5.74, 6) is 2.53. The molecule has 6 heteroatoms. The summed E-state index contributed by atoms with van der Waals surface area (Å²) in [4.78, 5) is 20.4. The van der Waals surface area contributed by atoms with Crippen LogP contribution in [0.4, 0.5) is 5.82 Å². The van der Waals surface area contributed by atoms with E-state index >= 15 is 0 Å². The Labute approximate surface area is 145 Å². The molecule has 0 radical (unpaired) electrons. The third-order valence-corrected chi connectivity index (χ3v) is 7.28. The van der Waals surface area contributed by atoms with Gasteiger partial charge in [-0.25, -0.2) is 9.78 Å². The van der Waals surface area contributed by atoms with Gasteiger partial charge in [-0.3, -0.25) is 4.57 Å². The van der Waals surface area contributed by atoms with Gasteiger partial charge in [-0.05, 0) is 56.3 Å². The van der Waals surface area contributed by atoms with Gasteiger partial charge in [0.25, 0.3) is 0 Å². The van der Waals surface area contributed by atoms with Crippen molar-refractivity contribution in [2.24, 2.45) is 23.2 Å². The second-order valence-corrected chi connectivity index (χ2v) is 8.68. The van der Waals surface area contributed by atoms with Crippen molar-refractivity contribution >= 4 is 16.9 Å². The number of fused-ring (bicyclic) bond motifs is 3. The van der Waals surface area contributed by atoms with Gasteiger partial charge in [0.15, 0.2) is 0 Å². The fourth-order valence-corrected chi connectivity index (χ4v) is 6.72. The first-order chi connectivity index (χ1) is 12.2. The Morgan fingerprint density at radius 2 is 2.08 bits per heavy atom. The molecular formula is C19H21N5O. The van der Waals surface area contributed by atoms with E-state index in [1.807, 2.05) is 0 Å². The summed E-state index contributed by atoms with van der Waals surface area (Å²) >= 11 is 0. The molecular weight excluding hydrogens is 314 g/mol. The van der Waals surface area contributed by atoms with Crippen LogP contribution in [-0.2, 0) is 6.42 Å². The fraction of sp³-hybridized carbons (Fsp3) is 0.632. The summed E-state index contributed by atoms with van der Waals surface area (Å²) in [6.07, 6.45) is 8.07. The van der Waals surface area contributed by atoms with Crippen LogP contribution < -0.4 is 11.0 Å². The van der Waals surface area contributed by atoms with Crippen molar-refractivity contribution in [3.05, 3.63) is 22.2 Å². The van der Waals surface area contributed by atoms with Crippen molar-refractivity contribution in [2.75, 3.05) is 11.9 Å². The number of aromatic nitrogens is 3. The third kappa shape index (κ3) is 1.69. The number of hydrogen-bond donors (Lipinski definition) is 2. The summed E-state index contributed by atoms with van der Waals surface area (Å²) in [5, 5.41) is 13.1. The van der Waals surface area contributed by atoms with E-state index in [1.165, 1.54) is 18.4 Å². The summed E-state index contributed by atoms with van der Waals surface area (Å²) in [6.45, 7) is 0.887. The highest BCUT2D eigenvalue weighted by Gasteiger charge is 2.56. The average molecular weight is 335 g/mol. The van der Waals surface area contributed by atoms with Crippen LogP contribution in [0.5, 0.6) is 0 Å². The molecule has 4 saturated carbocycles. The lowest BCUT2D eigenvalue weighted by molar-refractivity contribution is -0.0609. The van der Waals surface area contributed by atoms with Gasteiger partial charge in [0, 0.05) is 18.2 Å². The number of nitrogens with one attached hydrogen (secondary N) is 2. The van der Waals surface area contributed by atoms with Crippen LogP contribution >= 0.6 is 0 Å². The molecule has 0 saturated heterocycles. The molecule has 2 unspecified atom stereocenters. The highest BCUT2D eigenvalue weighted by Crippen LogP contribution is 2.63. The largest absolute Gasteiger partial charge is 0.369 e. The molecule has 3 heterocycles. The average Bonchev–Trinajstić information content (AvgIpc) is 3.18. The van der Waals surface area contributed by atoms with Gasteiger partial charge < -0.3 is 10.3 Å². The molecule has 1 aliphatic heterocycles. The molecule has 128 valence electrons. The van der Waals surface area contributed by atoms with Crippen molar-refractivity contribution in [2.45, 2.75) is 44.6 Å². The van der Waals surface area contributed by atoms with Crippen molar-refractivity contribution in [1.29, 1.82) is 5.26 Å². The number of nitrogens with zero attached hydrogens (tertiary/aromatic N) is 3. The Kier molecular flexibility index (Phi) is 2.48. The SMILES string of the molecule is N#CC12CC3CC(C1)C(n1c(=O)[nH]c4cnc5c(c41)CCN5)C(C3)C2. The fourth-order valence-electron chi connectivity index (χ4n) is 6.72. The molecule has 2 aromatic rings. The monoisotopic (exact) mass is 335 g/mol. The van der Waals surface area contributed by atoms with Gasteiger partial charge >= 0.3 is 5.69 Å². The summed E-state index contributed by atoms with van der Waals surface area (Å²) in [7, 11) is 0. The number of rotatable bonds is 1. The van der Waals surface area contributed by atoms with E-state index in [4.69, 9.17) is 0 Å². The number of aromatic amines is 1. The number of imidazole rings is 1. The first kappa shape index (κ1) is 13.9. The maximum absolute atomic E-state index is 12.9. The highest BCUT2D eigenvalue weighted by molar-refractivity contribution is 5.83. The Hall–Kier alpha value is -2.29. The molecule has 0 aromatic carbocycles. The van der Waals surface area contributed by atoms with Gasteiger partial charge in [0.2, 0.25) is 0 Å². The molecule has 4 bridgehead atoms. The molecule has 4 fully saturated rings. The molecule has 6 nitrogen and oxygen atoms in total. The summed E-state index contributed by atoms with van der Waals surface area (Å²) in [6, 6.07) is 2.90. The molecule has 0 amide bonds. The van der Waals surface area contributed by atoms with Gasteiger partial charge in [0.05, 0.1) is 28.7 Å². The minimum atomic E-state index is -0.117. The van der Waals surface area contributed by atoms with E-state index in [2.05, 4.69) is 25.9 Å². The Bertz CT molecular complexity index is 980. The van der Waals surface area contributed by atoms with E-state index in [9.17, 15) is 10.1 Å². The Balaban J connectivity index is 1.55. The highest BCUT2D eigenvalue weighted by atomic mass is 16.1. The summed E-state index contributed by atoms with van der Waals surface area (Å²) < 4.78 is 2.06. The minimum absolute atomic E-state index is 0.000538. The molecule has 2 aromatic heterocycles. The zero-order valence-electron chi connectivity index (χ0n) is 14.1. The topological polar surface area (TPSA) is 86.5 Å².